The molecule has 1 aromatic heterocycles. The summed E-state index contributed by atoms with van der Waals surface area (Å²) in [5.41, 5.74) is -0.0123. The van der Waals surface area contributed by atoms with Crippen LogP contribution in [0.25, 0.3) is 0 Å². The van der Waals surface area contributed by atoms with Crippen LogP contribution in [0.2, 0.25) is 0 Å². The van der Waals surface area contributed by atoms with E-state index in [0.717, 1.165) is 25.1 Å². The van der Waals surface area contributed by atoms with Crippen molar-refractivity contribution in [2.75, 3.05) is 0 Å². The maximum atomic E-state index is 9.86. The highest BCUT2D eigenvalue weighted by Crippen LogP contribution is 2.22. The molecule has 0 bridgehead atoms. The number of nitrogens with zero attached hydrogens (tertiary/aromatic N) is 2. The van der Waals surface area contributed by atoms with E-state index in [9.17, 15) is 5.11 Å². The van der Waals surface area contributed by atoms with Crippen molar-refractivity contribution in [1.29, 1.82) is 0 Å². The molecule has 0 fully saturated rings. The average Bonchev–Trinajstić information content (AvgIpc) is 2.50. The lowest BCUT2D eigenvalue weighted by Crippen LogP contribution is -2.25. The standard InChI is InChI=1S/C12H22N2O/c1-12(2,3)10(15)6-5-7-11-13-8-9-14(11)4/h8-10,15H,5-7H2,1-4H3. The van der Waals surface area contributed by atoms with Gasteiger partial charge in [-0.15, -0.1) is 0 Å². The molecule has 1 unspecified atom stereocenters. The molecule has 3 heteroatoms. The van der Waals surface area contributed by atoms with Crippen molar-refractivity contribution in [3.8, 4) is 0 Å². The maximum absolute atomic E-state index is 9.86. The lowest BCUT2D eigenvalue weighted by atomic mass is 9.86. The van der Waals surface area contributed by atoms with E-state index >= 15 is 0 Å². The fourth-order valence-electron chi connectivity index (χ4n) is 1.52. The van der Waals surface area contributed by atoms with Crippen LogP contribution in [0.4, 0.5) is 0 Å². The zero-order valence-corrected chi connectivity index (χ0v) is 10.2. The van der Waals surface area contributed by atoms with Gasteiger partial charge in [-0.2, -0.15) is 0 Å². The number of hydrogen-bond acceptors (Lipinski definition) is 2. The Morgan fingerprint density at radius 3 is 2.60 bits per heavy atom. The molecular weight excluding hydrogens is 188 g/mol. The second-order valence-electron chi connectivity index (χ2n) is 5.23. The molecule has 1 N–H and O–H groups in total. The molecule has 1 atom stereocenters. The first-order valence-electron chi connectivity index (χ1n) is 5.55. The van der Waals surface area contributed by atoms with E-state index in [-0.39, 0.29) is 11.5 Å². The fraction of sp³-hybridized carbons (Fsp3) is 0.750. The molecule has 1 heterocycles. The smallest absolute Gasteiger partial charge is 0.108 e. The van der Waals surface area contributed by atoms with Crippen molar-refractivity contribution in [1.82, 2.24) is 9.55 Å². The molecule has 0 amide bonds. The van der Waals surface area contributed by atoms with Crippen molar-refractivity contribution in [3.05, 3.63) is 18.2 Å². The van der Waals surface area contributed by atoms with Gasteiger partial charge in [-0.3, -0.25) is 0 Å². The summed E-state index contributed by atoms with van der Waals surface area (Å²) in [6.45, 7) is 6.20. The Bertz CT molecular complexity index is 299. The normalized spacial score (nSPS) is 14.2. The van der Waals surface area contributed by atoms with Crippen LogP contribution in [-0.4, -0.2) is 20.8 Å². The van der Waals surface area contributed by atoms with Crippen molar-refractivity contribution in [2.45, 2.75) is 46.1 Å². The molecule has 1 rings (SSSR count). The third-order valence-electron chi connectivity index (χ3n) is 2.80. The highest BCUT2D eigenvalue weighted by atomic mass is 16.3. The van der Waals surface area contributed by atoms with Crippen LogP contribution >= 0.6 is 0 Å². The van der Waals surface area contributed by atoms with Crippen LogP contribution in [0.15, 0.2) is 12.4 Å². The molecule has 0 saturated carbocycles. The molecular formula is C12H22N2O. The van der Waals surface area contributed by atoms with Crippen LogP contribution in [0, 0.1) is 5.41 Å². The molecule has 3 nitrogen and oxygen atoms in total. The fourth-order valence-corrected chi connectivity index (χ4v) is 1.52. The van der Waals surface area contributed by atoms with Crippen molar-refractivity contribution in [2.24, 2.45) is 12.5 Å². The Labute approximate surface area is 92.1 Å². The Hall–Kier alpha value is -0.830. The first-order valence-corrected chi connectivity index (χ1v) is 5.55. The number of rotatable bonds is 4. The summed E-state index contributed by atoms with van der Waals surface area (Å²) in [5, 5.41) is 9.86. The lowest BCUT2D eigenvalue weighted by Gasteiger charge is -2.25. The van der Waals surface area contributed by atoms with Crippen molar-refractivity contribution >= 4 is 0 Å². The zero-order chi connectivity index (χ0) is 11.5. The minimum atomic E-state index is -0.224. The van der Waals surface area contributed by atoms with Gasteiger partial charge in [0.05, 0.1) is 6.10 Å². The summed E-state index contributed by atoms with van der Waals surface area (Å²) in [4.78, 5) is 4.26. The van der Waals surface area contributed by atoms with Crippen molar-refractivity contribution < 1.29 is 5.11 Å². The second kappa shape index (κ2) is 4.79. The monoisotopic (exact) mass is 210 g/mol. The number of aliphatic hydroxyl groups is 1. The van der Waals surface area contributed by atoms with E-state index in [2.05, 4.69) is 25.8 Å². The summed E-state index contributed by atoms with van der Waals surface area (Å²) in [7, 11) is 2.00. The van der Waals surface area contributed by atoms with E-state index < -0.39 is 0 Å². The minimum Gasteiger partial charge on any atom is -0.393 e. The Kier molecular flexibility index (Phi) is 3.91. The number of aliphatic hydroxyl groups excluding tert-OH is 1. The first kappa shape index (κ1) is 12.2. The molecule has 0 spiro atoms. The van der Waals surface area contributed by atoms with Crippen LogP contribution in [0.3, 0.4) is 0 Å². The highest BCUT2D eigenvalue weighted by molar-refractivity contribution is 4.91. The second-order valence-corrected chi connectivity index (χ2v) is 5.23. The maximum Gasteiger partial charge on any atom is 0.108 e. The molecule has 0 radical (unpaired) electrons. The Balaban J connectivity index is 2.31. The van der Waals surface area contributed by atoms with Gasteiger partial charge in [-0.05, 0) is 18.3 Å². The summed E-state index contributed by atoms with van der Waals surface area (Å²) < 4.78 is 2.03. The van der Waals surface area contributed by atoms with E-state index in [0.29, 0.717) is 0 Å². The van der Waals surface area contributed by atoms with Gasteiger partial charge in [0.15, 0.2) is 0 Å². The molecule has 0 aliphatic rings. The largest absolute Gasteiger partial charge is 0.393 e. The van der Waals surface area contributed by atoms with E-state index in [1.165, 1.54) is 0 Å². The number of imidazole rings is 1. The van der Waals surface area contributed by atoms with Gasteiger partial charge in [0.1, 0.15) is 5.82 Å². The molecule has 0 aliphatic carbocycles. The number of aryl methyl sites for hydroxylation is 2. The summed E-state index contributed by atoms with van der Waals surface area (Å²) in [5.74, 6) is 1.09. The quantitative estimate of drug-likeness (QED) is 0.827. The third-order valence-corrected chi connectivity index (χ3v) is 2.80. The van der Waals surface area contributed by atoms with Gasteiger partial charge in [0.25, 0.3) is 0 Å². The topological polar surface area (TPSA) is 38.0 Å². The van der Waals surface area contributed by atoms with Crippen LogP contribution in [0.5, 0.6) is 0 Å². The van der Waals surface area contributed by atoms with Gasteiger partial charge >= 0.3 is 0 Å². The molecule has 0 saturated heterocycles. The van der Waals surface area contributed by atoms with E-state index in [1.54, 1.807) is 0 Å². The average molecular weight is 210 g/mol. The molecule has 0 aromatic carbocycles. The predicted molar refractivity (Wildman–Crippen MR) is 61.6 cm³/mol. The van der Waals surface area contributed by atoms with Crippen LogP contribution in [-0.2, 0) is 13.5 Å². The Morgan fingerprint density at radius 2 is 2.13 bits per heavy atom. The molecule has 1 aromatic rings. The first-order chi connectivity index (χ1) is 6.91. The van der Waals surface area contributed by atoms with Crippen LogP contribution in [0.1, 0.15) is 39.4 Å². The molecule has 86 valence electrons. The summed E-state index contributed by atoms with van der Waals surface area (Å²) in [6.07, 6.45) is 6.32. The van der Waals surface area contributed by atoms with Gasteiger partial charge < -0.3 is 9.67 Å². The van der Waals surface area contributed by atoms with Crippen molar-refractivity contribution in [3.63, 3.8) is 0 Å². The third kappa shape index (κ3) is 3.67. The summed E-state index contributed by atoms with van der Waals surface area (Å²) >= 11 is 0. The zero-order valence-electron chi connectivity index (χ0n) is 10.2. The molecule has 0 aliphatic heterocycles. The number of aromatic nitrogens is 2. The van der Waals surface area contributed by atoms with Gasteiger partial charge in [-0.1, -0.05) is 20.8 Å². The Morgan fingerprint density at radius 1 is 1.47 bits per heavy atom. The highest BCUT2D eigenvalue weighted by Gasteiger charge is 2.21. The van der Waals surface area contributed by atoms with E-state index in [1.807, 2.05) is 24.0 Å². The van der Waals surface area contributed by atoms with E-state index in [4.69, 9.17) is 0 Å². The SMILES string of the molecule is Cn1ccnc1CCCC(O)C(C)(C)C. The van der Waals surface area contributed by atoms with Gasteiger partial charge in [0.2, 0.25) is 0 Å². The lowest BCUT2D eigenvalue weighted by molar-refractivity contribution is 0.0539. The molecule has 15 heavy (non-hydrogen) atoms. The van der Waals surface area contributed by atoms with Gasteiger partial charge in [-0.25, -0.2) is 4.98 Å². The van der Waals surface area contributed by atoms with Crippen LogP contribution < -0.4 is 0 Å². The predicted octanol–water partition coefficient (Wildman–Crippen LogP) is 2.15. The summed E-state index contributed by atoms with van der Waals surface area (Å²) in [6, 6.07) is 0. The minimum absolute atomic E-state index is 0.0123. The van der Waals surface area contributed by atoms with Gasteiger partial charge in [0, 0.05) is 25.9 Å². The number of hydrogen-bond donors (Lipinski definition) is 1.